The maximum Gasteiger partial charge on any atom is 0.126 e. The fraction of sp³-hybridized carbons (Fsp3) is 0.303. The summed E-state index contributed by atoms with van der Waals surface area (Å²) in [6.45, 7) is 5.51. The van der Waals surface area contributed by atoms with Crippen molar-refractivity contribution in [3.8, 4) is 17.0 Å². The summed E-state index contributed by atoms with van der Waals surface area (Å²) >= 11 is 0. The highest BCUT2D eigenvalue weighted by Crippen LogP contribution is 2.26. The number of ether oxygens (including phenoxy) is 1. The van der Waals surface area contributed by atoms with Crippen molar-refractivity contribution in [2.75, 3.05) is 14.2 Å². The Morgan fingerprint density at radius 1 is 0.949 bits per heavy atom. The molecule has 0 aliphatic heterocycles. The summed E-state index contributed by atoms with van der Waals surface area (Å²) in [5.41, 5.74) is 9.92. The van der Waals surface area contributed by atoms with Gasteiger partial charge < -0.3 is 25.2 Å². The minimum atomic E-state index is 0.138. The molecule has 0 amide bonds. The number of para-hydroxylation sites is 1. The van der Waals surface area contributed by atoms with Crippen LogP contribution in [0.25, 0.3) is 22.2 Å². The number of carbonyl (C=O) groups is 2. The molecule has 1 aromatic heterocycles. The molecule has 0 bridgehead atoms. The summed E-state index contributed by atoms with van der Waals surface area (Å²) in [6.07, 6.45) is 3.96. The number of ketones is 1. The van der Waals surface area contributed by atoms with E-state index in [0.29, 0.717) is 6.61 Å². The molecule has 4 rings (SSSR count). The van der Waals surface area contributed by atoms with Crippen molar-refractivity contribution >= 4 is 23.0 Å². The van der Waals surface area contributed by atoms with Gasteiger partial charge in [0.1, 0.15) is 24.4 Å². The Balaban J connectivity index is 0.000000856. The summed E-state index contributed by atoms with van der Waals surface area (Å²) in [7, 11) is 2.50. The highest BCUT2D eigenvalue weighted by atomic mass is 16.5. The second kappa shape index (κ2) is 19.2. The Labute approximate surface area is 232 Å². The molecule has 0 aliphatic rings. The molecular formula is C33H42N2O4. The van der Waals surface area contributed by atoms with E-state index in [4.69, 9.17) is 14.8 Å². The Morgan fingerprint density at radius 3 is 2.15 bits per heavy atom. The van der Waals surface area contributed by atoms with Gasteiger partial charge in [-0.15, -0.1) is 0 Å². The zero-order chi connectivity index (χ0) is 29.0. The first-order chi connectivity index (χ1) is 19.0. The fourth-order valence-electron chi connectivity index (χ4n) is 3.73. The van der Waals surface area contributed by atoms with Gasteiger partial charge in [-0.1, -0.05) is 67.6 Å². The molecule has 0 radical (unpaired) electrons. The summed E-state index contributed by atoms with van der Waals surface area (Å²) < 4.78 is 6.13. The van der Waals surface area contributed by atoms with E-state index in [1.807, 2.05) is 55.5 Å². The van der Waals surface area contributed by atoms with Crippen molar-refractivity contribution < 1.29 is 19.4 Å². The Bertz CT molecular complexity index is 1240. The van der Waals surface area contributed by atoms with Crippen LogP contribution in [0.3, 0.4) is 0 Å². The third kappa shape index (κ3) is 12.0. The molecule has 1 unspecified atom stereocenters. The number of benzene rings is 3. The third-order valence-electron chi connectivity index (χ3n) is 5.55. The van der Waals surface area contributed by atoms with E-state index in [-0.39, 0.29) is 11.7 Å². The number of nitrogens with zero attached hydrogens (tertiary/aromatic N) is 1. The van der Waals surface area contributed by atoms with Crippen LogP contribution in [0.1, 0.15) is 44.7 Å². The van der Waals surface area contributed by atoms with Gasteiger partial charge in [0.15, 0.2) is 0 Å². The van der Waals surface area contributed by atoms with Crippen molar-refractivity contribution in [3.63, 3.8) is 0 Å². The summed E-state index contributed by atoms with van der Waals surface area (Å²) in [5, 5.41) is 8.11. The first-order valence-electron chi connectivity index (χ1n) is 13.1. The van der Waals surface area contributed by atoms with Crippen molar-refractivity contribution in [1.82, 2.24) is 4.98 Å². The van der Waals surface area contributed by atoms with Gasteiger partial charge in [-0.25, -0.2) is 4.98 Å². The standard InChI is InChI=1S/C28H27NO2.C3H6O.CH5N.CH4O/c1-21(19-30)8-7-9-22-14-16-25(17-15-22)31-20-24-18-28(23-10-3-2-4-11-23)29-27-13-6-5-12-26(24)27;1-3(2)4;2*1-2/h2-6,10-19,21H,7-9,20H2,1H3;1-2H3;2H2,1H3;2H,1H3. The van der Waals surface area contributed by atoms with Crippen molar-refractivity contribution in [2.24, 2.45) is 11.7 Å². The highest BCUT2D eigenvalue weighted by molar-refractivity contribution is 5.85. The normalized spacial score (nSPS) is 10.4. The number of aromatic nitrogens is 1. The second-order valence-corrected chi connectivity index (χ2v) is 8.90. The van der Waals surface area contributed by atoms with E-state index in [2.05, 4.69) is 42.1 Å². The molecule has 0 fully saturated rings. The molecule has 0 spiro atoms. The smallest absolute Gasteiger partial charge is 0.126 e. The maximum absolute atomic E-state index is 10.7. The van der Waals surface area contributed by atoms with Crippen molar-refractivity contribution in [1.29, 1.82) is 0 Å². The van der Waals surface area contributed by atoms with E-state index in [1.54, 1.807) is 0 Å². The van der Waals surface area contributed by atoms with Crippen LogP contribution in [0.2, 0.25) is 0 Å². The third-order valence-corrected chi connectivity index (χ3v) is 5.55. The molecular weight excluding hydrogens is 488 g/mol. The van der Waals surface area contributed by atoms with Gasteiger partial charge in [0, 0.05) is 29.5 Å². The number of carbonyl (C=O) groups excluding carboxylic acids is 2. The van der Waals surface area contributed by atoms with Gasteiger partial charge in [-0.05, 0) is 70.0 Å². The van der Waals surface area contributed by atoms with Crippen molar-refractivity contribution in [2.45, 2.75) is 46.6 Å². The van der Waals surface area contributed by atoms with Crippen LogP contribution in [0.4, 0.5) is 0 Å². The van der Waals surface area contributed by atoms with E-state index >= 15 is 0 Å². The number of hydrogen-bond acceptors (Lipinski definition) is 6. The molecule has 0 aliphatic carbocycles. The maximum atomic E-state index is 10.7. The number of rotatable bonds is 9. The van der Waals surface area contributed by atoms with Crippen LogP contribution in [0.15, 0.2) is 84.9 Å². The van der Waals surface area contributed by atoms with Gasteiger partial charge in [-0.3, -0.25) is 0 Å². The van der Waals surface area contributed by atoms with Gasteiger partial charge in [-0.2, -0.15) is 0 Å². The van der Waals surface area contributed by atoms with Gasteiger partial charge in [0.25, 0.3) is 0 Å². The predicted octanol–water partition coefficient (Wildman–Crippen LogP) is 6.42. The molecule has 6 nitrogen and oxygen atoms in total. The first kappa shape index (κ1) is 33.2. The lowest BCUT2D eigenvalue weighted by Crippen LogP contribution is -1.99. The number of aldehydes is 1. The zero-order valence-corrected chi connectivity index (χ0v) is 23.8. The number of pyridine rings is 1. The molecule has 6 heteroatoms. The average Bonchev–Trinajstić information content (AvgIpc) is 2.98. The SMILES string of the molecule is CC(C)=O.CC(C=O)CCCc1ccc(OCc2cc(-c3ccccc3)nc3ccccc23)cc1.CN.CO. The number of aliphatic hydroxyl groups excluding tert-OH is 1. The van der Waals surface area contributed by atoms with Gasteiger partial charge in [0.05, 0.1) is 11.2 Å². The summed E-state index contributed by atoms with van der Waals surface area (Å²) in [6, 6.07) is 28.8. The lowest BCUT2D eigenvalue weighted by molar-refractivity contribution is -0.115. The number of aliphatic hydroxyl groups is 1. The average molecular weight is 531 g/mol. The van der Waals surface area contributed by atoms with Crippen LogP contribution in [-0.2, 0) is 22.6 Å². The lowest BCUT2D eigenvalue weighted by atomic mass is 10.0. The molecule has 3 N–H and O–H groups in total. The molecule has 208 valence electrons. The fourth-order valence-corrected chi connectivity index (χ4v) is 3.73. The van der Waals surface area contributed by atoms with Crippen LogP contribution < -0.4 is 10.5 Å². The lowest BCUT2D eigenvalue weighted by Gasteiger charge is -2.12. The number of Topliss-reactive ketones (excluding diaryl/α,β-unsaturated/α-hetero) is 1. The largest absolute Gasteiger partial charge is 0.489 e. The molecule has 1 heterocycles. The second-order valence-electron chi connectivity index (χ2n) is 8.90. The molecule has 4 aromatic rings. The quantitative estimate of drug-likeness (QED) is 0.242. The molecule has 0 saturated heterocycles. The number of nitrogens with two attached hydrogens (primary N) is 1. The van der Waals surface area contributed by atoms with E-state index in [0.717, 1.165) is 66.1 Å². The van der Waals surface area contributed by atoms with E-state index in [1.165, 1.54) is 26.5 Å². The van der Waals surface area contributed by atoms with Crippen LogP contribution in [0.5, 0.6) is 5.75 Å². The predicted molar refractivity (Wildman–Crippen MR) is 161 cm³/mol. The number of hydrogen-bond donors (Lipinski definition) is 2. The van der Waals surface area contributed by atoms with Crippen LogP contribution >= 0.6 is 0 Å². The monoisotopic (exact) mass is 530 g/mol. The minimum Gasteiger partial charge on any atom is -0.489 e. The number of aryl methyl sites for hydroxylation is 1. The molecule has 0 saturated carbocycles. The molecule has 39 heavy (non-hydrogen) atoms. The topological polar surface area (TPSA) is 103 Å². The number of fused-ring (bicyclic) bond motifs is 1. The van der Waals surface area contributed by atoms with Crippen LogP contribution in [0, 0.1) is 5.92 Å². The van der Waals surface area contributed by atoms with Crippen molar-refractivity contribution in [3.05, 3.63) is 96.1 Å². The molecule has 1 atom stereocenters. The van der Waals surface area contributed by atoms with E-state index < -0.39 is 0 Å². The minimum absolute atomic E-state index is 0.138. The first-order valence-corrected chi connectivity index (χ1v) is 13.1. The Hall–Kier alpha value is -3.87. The summed E-state index contributed by atoms with van der Waals surface area (Å²) in [5.74, 6) is 1.16. The Kier molecular flexibility index (Phi) is 16.4. The zero-order valence-electron chi connectivity index (χ0n) is 23.8. The highest BCUT2D eigenvalue weighted by Gasteiger charge is 2.08. The van der Waals surface area contributed by atoms with Crippen LogP contribution in [-0.4, -0.2) is 36.3 Å². The molecule has 3 aromatic carbocycles. The van der Waals surface area contributed by atoms with Gasteiger partial charge >= 0.3 is 0 Å². The van der Waals surface area contributed by atoms with E-state index in [9.17, 15) is 9.59 Å². The summed E-state index contributed by atoms with van der Waals surface area (Å²) in [4.78, 5) is 25.0. The van der Waals surface area contributed by atoms with Gasteiger partial charge in [0.2, 0.25) is 0 Å². The Morgan fingerprint density at radius 2 is 1.54 bits per heavy atom.